The van der Waals surface area contributed by atoms with Crippen LogP contribution in [-0.4, -0.2) is 41.2 Å². The zero-order valence-corrected chi connectivity index (χ0v) is 11.6. The van der Waals surface area contributed by atoms with Crippen LogP contribution in [0.3, 0.4) is 0 Å². The molecule has 7 heteroatoms. The van der Waals surface area contributed by atoms with E-state index in [0.717, 1.165) is 15.4 Å². The molecule has 0 fully saturated rings. The average molecular weight is 284 g/mol. The zero-order chi connectivity index (χ0) is 14.2. The number of likely N-dealkylation sites (N-methyl/N-ethyl adjacent to an activating group) is 1. The standard InChI is InChI=1S/C12H16N2O4S/c1-9(12(15)16)13(2)19(17,18)14-7-10-5-3-4-6-11(10)8-14/h3-6,9H,7-8H2,1-2H3,(H,15,16)/t9-/m1/s1. The number of carboxylic acids is 1. The molecule has 0 unspecified atom stereocenters. The van der Waals surface area contributed by atoms with E-state index in [9.17, 15) is 13.2 Å². The third-order valence-electron chi connectivity index (χ3n) is 3.40. The number of benzene rings is 1. The molecule has 1 aliphatic rings. The Kier molecular flexibility index (Phi) is 3.62. The van der Waals surface area contributed by atoms with Crippen LogP contribution in [0.5, 0.6) is 0 Å². The molecule has 1 aromatic rings. The molecule has 0 amide bonds. The normalized spacial score (nSPS) is 17.4. The molecule has 0 aliphatic carbocycles. The average Bonchev–Trinajstić information content (AvgIpc) is 2.81. The highest BCUT2D eigenvalue weighted by Crippen LogP contribution is 2.26. The lowest BCUT2D eigenvalue weighted by Gasteiger charge is -2.26. The maximum Gasteiger partial charge on any atom is 0.321 e. The SMILES string of the molecule is C[C@H](C(=O)O)N(C)S(=O)(=O)N1Cc2ccccc2C1. The van der Waals surface area contributed by atoms with Crippen molar-refractivity contribution in [1.29, 1.82) is 0 Å². The van der Waals surface area contributed by atoms with E-state index in [1.807, 2.05) is 24.3 Å². The van der Waals surface area contributed by atoms with Gasteiger partial charge in [0.05, 0.1) is 0 Å². The Morgan fingerprint density at radius 3 is 2.21 bits per heavy atom. The Balaban J connectivity index is 2.22. The molecule has 1 N–H and O–H groups in total. The molecule has 0 radical (unpaired) electrons. The van der Waals surface area contributed by atoms with E-state index in [4.69, 9.17) is 5.11 Å². The van der Waals surface area contributed by atoms with E-state index >= 15 is 0 Å². The molecule has 1 aromatic carbocycles. The molecule has 6 nitrogen and oxygen atoms in total. The smallest absolute Gasteiger partial charge is 0.321 e. The van der Waals surface area contributed by atoms with E-state index in [1.54, 1.807) is 0 Å². The molecule has 1 aliphatic heterocycles. The van der Waals surface area contributed by atoms with E-state index in [0.29, 0.717) is 0 Å². The summed E-state index contributed by atoms with van der Waals surface area (Å²) in [6.45, 7) is 1.92. The Hall–Kier alpha value is -1.44. The molecule has 104 valence electrons. The molecule has 0 saturated carbocycles. The number of nitrogens with zero attached hydrogens (tertiary/aromatic N) is 2. The second kappa shape index (κ2) is 4.92. The van der Waals surface area contributed by atoms with Crippen LogP contribution in [0.2, 0.25) is 0 Å². The maximum atomic E-state index is 12.3. The van der Waals surface area contributed by atoms with Crippen LogP contribution < -0.4 is 0 Å². The number of aliphatic carboxylic acids is 1. The fourth-order valence-corrected chi connectivity index (χ4v) is 3.46. The first kappa shape index (κ1) is 14.0. The molecule has 0 bridgehead atoms. The molecular weight excluding hydrogens is 268 g/mol. The van der Waals surface area contributed by atoms with Crippen molar-refractivity contribution >= 4 is 16.2 Å². The van der Waals surface area contributed by atoms with E-state index in [2.05, 4.69) is 0 Å². The molecule has 0 spiro atoms. The van der Waals surface area contributed by atoms with Crippen molar-refractivity contribution < 1.29 is 18.3 Å². The first-order valence-electron chi connectivity index (χ1n) is 5.86. The topological polar surface area (TPSA) is 77.9 Å². The van der Waals surface area contributed by atoms with E-state index in [1.165, 1.54) is 18.3 Å². The van der Waals surface area contributed by atoms with Gasteiger partial charge in [0.15, 0.2) is 0 Å². The fourth-order valence-electron chi connectivity index (χ4n) is 2.00. The predicted molar refractivity (Wildman–Crippen MR) is 69.5 cm³/mol. The quantitative estimate of drug-likeness (QED) is 0.880. The summed E-state index contributed by atoms with van der Waals surface area (Å²) in [4.78, 5) is 10.9. The Bertz CT molecular complexity index is 575. The van der Waals surface area contributed by atoms with Gasteiger partial charge in [0.2, 0.25) is 0 Å². The summed E-state index contributed by atoms with van der Waals surface area (Å²) in [6, 6.07) is 6.39. The zero-order valence-electron chi connectivity index (χ0n) is 10.8. The Morgan fingerprint density at radius 2 is 1.79 bits per heavy atom. The second-order valence-corrected chi connectivity index (χ2v) is 6.56. The molecule has 1 atom stereocenters. The van der Waals surface area contributed by atoms with Crippen molar-refractivity contribution in [3.8, 4) is 0 Å². The molecule has 0 aromatic heterocycles. The number of fused-ring (bicyclic) bond motifs is 1. The highest BCUT2D eigenvalue weighted by molar-refractivity contribution is 7.86. The molecule has 19 heavy (non-hydrogen) atoms. The summed E-state index contributed by atoms with van der Waals surface area (Å²) >= 11 is 0. The lowest BCUT2D eigenvalue weighted by molar-refractivity contribution is -0.140. The van der Waals surface area contributed by atoms with Crippen molar-refractivity contribution in [2.24, 2.45) is 0 Å². The van der Waals surface area contributed by atoms with Crippen LogP contribution in [0.1, 0.15) is 18.1 Å². The van der Waals surface area contributed by atoms with Crippen LogP contribution in [-0.2, 0) is 28.1 Å². The number of hydrogen-bond donors (Lipinski definition) is 1. The number of carboxylic acid groups (broad SMARTS) is 1. The monoisotopic (exact) mass is 284 g/mol. The Labute approximate surface area is 112 Å². The van der Waals surface area contributed by atoms with Gasteiger partial charge in [0, 0.05) is 20.1 Å². The van der Waals surface area contributed by atoms with Gasteiger partial charge >= 0.3 is 5.97 Å². The molecule has 2 rings (SSSR count). The van der Waals surface area contributed by atoms with Crippen molar-refractivity contribution in [1.82, 2.24) is 8.61 Å². The second-order valence-electron chi connectivity index (χ2n) is 4.57. The minimum atomic E-state index is -3.76. The van der Waals surface area contributed by atoms with Crippen LogP contribution in [0.15, 0.2) is 24.3 Å². The van der Waals surface area contributed by atoms with Gasteiger partial charge in [0.25, 0.3) is 10.2 Å². The molecule has 0 saturated heterocycles. The fraction of sp³-hybridized carbons (Fsp3) is 0.417. The largest absolute Gasteiger partial charge is 0.480 e. The summed E-state index contributed by atoms with van der Waals surface area (Å²) in [6.07, 6.45) is 0. The van der Waals surface area contributed by atoms with Crippen molar-refractivity contribution in [3.63, 3.8) is 0 Å². The summed E-state index contributed by atoms with van der Waals surface area (Å²) < 4.78 is 26.9. The third kappa shape index (κ3) is 2.49. The lowest BCUT2D eigenvalue weighted by Crippen LogP contribution is -2.46. The van der Waals surface area contributed by atoms with Gasteiger partial charge in [-0.15, -0.1) is 0 Å². The minimum absolute atomic E-state index is 0.287. The minimum Gasteiger partial charge on any atom is -0.480 e. The number of carbonyl (C=O) groups is 1. The summed E-state index contributed by atoms with van der Waals surface area (Å²) in [5.74, 6) is -1.16. The van der Waals surface area contributed by atoms with Crippen LogP contribution in [0, 0.1) is 0 Å². The lowest BCUT2D eigenvalue weighted by atomic mass is 10.1. The highest BCUT2D eigenvalue weighted by Gasteiger charge is 2.36. The summed E-state index contributed by atoms with van der Waals surface area (Å²) in [5, 5.41) is 8.91. The van der Waals surface area contributed by atoms with Gasteiger partial charge in [-0.3, -0.25) is 4.79 Å². The van der Waals surface area contributed by atoms with Gasteiger partial charge in [-0.25, -0.2) is 0 Å². The predicted octanol–water partition coefficient (Wildman–Crippen LogP) is 0.652. The van der Waals surface area contributed by atoms with Crippen LogP contribution >= 0.6 is 0 Å². The van der Waals surface area contributed by atoms with Crippen LogP contribution in [0.25, 0.3) is 0 Å². The van der Waals surface area contributed by atoms with Crippen molar-refractivity contribution in [3.05, 3.63) is 35.4 Å². The number of rotatable bonds is 4. The first-order valence-corrected chi connectivity index (χ1v) is 7.26. The number of hydrogen-bond acceptors (Lipinski definition) is 3. The van der Waals surface area contributed by atoms with E-state index < -0.39 is 22.2 Å². The summed E-state index contributed by atoms with van der Waals surface area (Å²) in [5.41, 5.74) is 1.92. The highest BCUT2D eigenvalue weighted by atomic mass is 32.2. The van der Waals surface area contributed by atoms with Gasteiger partial charge in [-0.1, -0.05) is 24.3 Å². The molecule has 1 heterocycles. The van der Waals surface area contributed by atoms with Gasteiger partial charge < -0.3 is 5.11 Å². The summed E-state index contributed by atoms with van der Waals surface area (Å²) in [7, 11) is -2.48. The Morgan fingerprint density at radius 1 is 1.32 bits per heavy atom. The van der Waals surface area contributed by atoms with Crippen molar-refractivity contribution in [2.45, 2.75) is 26.1 Å². The van der Waals surface area contributed by atoms with E-state index in [-0.39, 0.29) is 13.1 Å². The first-order chi connectivity index (χ1) is 8.84. The third-order valence-corrected chi connectivity index (χ3v) is 5.36. The maximum absolute atomic E-state index is 12.3. The van der Waals surface area contributed by atoms with Gasteiger partial charge in [0.1, 0.15) is 6.04 Å². The van der Waals surface area contributed by atoms with Crippen LogP contribution in [0.4, 0.5) is 0 Å². The molecular formula is C12H16N2O4S. The van der Waals surface area contributed by atoms with Gasteiger partial charge in [-0.2, -0.15) is 17.0 Å². The van der Waals surface area contributed by atoms with Crippen molar-refractivity contribution in [2.75, 3.05) is 7.05 Å². The van der Waals surface area contributed by atoms with Gasteiger partial charge in [-0.05, 0) is 18.1 Å².